The number of hydrogen-bond acceptors (Lipinski definition) is 4. The van der Waals surface area contributed by atoms with Crippen molar-refractivity contribution in [3.8, 4) is 0 Å². The molecule has 8 heteroatoms. The van der Waals surface area contributed by atoms with Gasteiger partial charge in [-0.2, -0.15) is 0 Å². The fourth-order valence-corrected chi connectivity index (χ4v) is 2.45. The molecule has 0 saturated heterocycles. The molecule has 0 aliphatic rings. The monoisotopic (exact) mass is 325 g/mol. The lowest BCUT2D eigenvalue weighted by Crippen LogP contribution is -2.15. The molecule has 0 unspecified atom stereocenters. The highest BCUT2D eigenvalue weighted by atomic mass is 35.5. The van der Waals surface area contributed by atoms with Crippen molar-refractivity contribution >= 4 is 38.9 Å². The number of nitrogens with two attached hydrogens (primary N) is 2. The highest BCUT2D eigenvalue weighted by Gasteiger charge is 2.14. The molecular formula is C13H12ClN3O3S. The number of sulfonamides is 1. The lowest BCUT2D eigenvalue weighted by molar-refractivity contribution is 0.102. The minimum absolute atomic E-state index is 0.0982. The molecule has 0 atom stereocenters. The van der Waals surface area contributed by atoms with Gasteiger partial charge in [0.25, 0.3) is 5.91 Å². The summed E-state index contributed by atoms with van der Waals surface area (Å²) >= 11 is 5.96. The predicted molar refractivity (Wildman–Crippen MR) is 81.6 cm³/mol. The van der Waals surface area contributed by atoms with Crippen molar-refractivity contribution in [3.63, 3.8) is 0 Å². The SMILES string of the molecule is Nc1cccc(C(=O)Nc2cccc(S(N)(=O)=O)c2)c1Cl. The number of rotatable bonds is 3. The van der Waals surface area contributed by atoms with Gasteiger partial charge in [-0.15, -0.1) is 0 Å². The minimum Gasteiger partial charge on any atom is -0.398 e. The molecule has 0 aliphatic heterocycles. The van der Waals surface area contributed by atoms with Crippen LogP contribution in [0, 0.1) is 0 Å². The average Bonchev–Trinajstić information content (AvgIpc) is 2.41. The highest BCUT2D eigenvalue weighted by molar-refractivity contribution is 7.89. The molecule has 21 heavy (non-hydrogen) atoms. The largest absolute Gasteiger partial charge is 0.398 e. The molecule has 5 N–H and O–H groups in total. The Morgan fingerprint density at radius 1 is 1.14 bits per heavy atom. The van der Waals surface area contributed by atoms with Gasteiger partial charge >= 0.3 is 0 Å². The molecule has 0 spiro atoms. The maximum atomic E-state index is 12.1. The fraction of sp³-hybridized carbons (Fsp3) is 0. The van der Waals surface area contributed by atoms with Gasteiger partial charge in [0, 0.05) is 5.69 Å². The van der Waals surface area contributed by atoms with Gasteiger partial charge in [-0.25, -0.2) is 13.6 Å². The first-order chi connectivity index (χ1) is 9.79. The summed E-state index contributed by atoms with van der Waals surface area (Å²) in [6.07, 6.45) is 0. The lowest BCUT2D eigenvalue weighted by atomic mass is 10.2. The van der Waals surface area contributed by atoms with Crippen molar-refractivity contribution in [2.75, 3.05) is 11.1 Å². The average molecular weight is 326 g/mol. The Morgan fingerprint density at radius 2 is 1.81 bits per heavy atom. The topological polar surface area (TPSA) is 115 Å². The minimum atomic E-state index is -3.84. The smallest absolute Gasteiger partial charge is 0.257 e. The zero-order valence-electron chi connectivity index (χ0n) is 10.7. The number of carbonyl (C=O) groups is 1. The predicted octanol–water partition coefficient (Wildman–Crippen LogP) is 1.82. The Labute approximate surface area is 126 Å². The fourth-order valence-electron chi connectivity index (χ4n) is 1.67. The van der Waals surface area contributed by atoms with Crippen LogP contribution in [0.2, 0.25) is 5.02 Å². The van der Waals surface area contributed by atoms with E-state index in [1.165, 1.54) is 30.3 Å². The van der Waals surface area contributed by atoms with Crippen molar-refractivity contribution in [3.05, 3.63) is 53.1 Å². The van der Waals surface area contributed by atoms with Gasteiger partial charge in [0.15, 0.2) is 0 Å². The van der Waals surface area contributed by atoms with Crippen LogP contribution in [-0.4, -0.2) is 14.3 Å². The lowest BCUT2D eigenvalue weighted by Gasteiger charge is -2.09. The summed E-state index contributed by atoms with van der Waals surface area (Å²) in [5, 5.41) is 7.71. The first-order valence-corrected chi connectivity index (χ1v) is 7.69. The number of benzene rings is 2. The number of hydrogen-bond donors (Lipinski definition) is 3. The van der Waals surface area contributed by atoms with E-state index in [0.717, 1.165) is 0 Å². The van der Waals surface area contributed by atoms with E-state index in [9.17, 15) is 13.2 Å². The maximum Gasteiger partial charge on any atom is 0.257 e. The molecule has 2 rings (SSSR count). The van der Waals surface area contributed by atoms with Crippen LogP contribution in [0.15, 0.2) is 47.4 Å². The molecule has 0 aromatic heterocycles. The molecule has 6 nitrogen and oxygen atoms in total. The second-order valence-electron chi connectivity index (χ2n) is 4.24. The third-order valence-corrected chi connectivity index (χ3v) is 4.03. The Hall–Kier alpha value is -2.09. The van der Waals surface area contributed by atoms with Crippen molar-refractivity contribution in [1.29, 1.82) is 0 Å². The van der Waals surface area contributed by atoms with E-state index >= 15 is 0 Å². The molecule has 110 valence electrons. The van der Waals surface area contributed by atoms with E-state index in [4.69, 9.17) is 22.5 Å². The Balaban J connectivity index is 2.30. The van der Waals surface area contributed by atoms with Crippen LogP contribution < -0.4 is 16.2 Å². The summed E-state index contributed by atoms with van der Waals surface area (Å²) in [7, 11) is -3.84. The van der Waals surface area contributed by atoms with Gasteiger partial charge in [0.2, 0.25) is 10.0 Å². The Kier molecular flexibility index (Phi) is 4.17. The van der Waals surface area contributed by atoms with E-state index in [-0.39, 0.29) is 26.9 Å². The van der Waals surface area contributed by atoms with Gasteiger partial charge in [0.1, 0.15) is 0 Å². The number of nitrogen functional groups attached to an aromatic ring is 1. The molecule has 1 amide bonds. The third kappa shape index (κ3) is 3.52. The second-order valence-corrected chi connectivity index (χ2v) is 6.18. The number of amides is 1. The maximum absolute atomic E-state index is 12.1. The second kappa shape index (κ2) is 5.72. The third-order valence-electron chi connectivity index (χ3n) is 2.69. The zero-order chi connectivity index (χ0) is 15.6. The van der Waals surface area contributed by atoms with E-state index < -0.39 is 15.9 Å². The first-order valence-electron chi connectivity index (χ1n) is 5.77. The molecule has 2 aromatic rings. The molecule has 0 fully saturated rings. The number of anilines is 2. The Morgan fingerprint density at radius 3 is 2.48 bits per heavy atom. The number of carbonyl (C=O) groups excluding carboxylic acids is 1. The van der Waals surface area contributed by atoms with Gasteiger partial charge < -0.3 is 11.1 Å². The van der Waals surface area contributed by atoms with E-state index in [2.05, 4.69) is 5.32 Å². The zero-order valence-corrected chi connectivity index (χ0v) is 12.3. The molecule has 0 saturated carbocycles. The van der Waals surface area contributed by atoms with Crippen molar-refractivity contribution in [2.45, 2.75) is 4.90 Å². The molecule has 2 aromatic carbocycles. The van der Waals surface area contributed by atoms with Crippen LogP contribution in [-0.2, 0) is 10.0 Å². The van der Waals surface area contributed by atoms with Crippen LogP contribution in [0.4, 0.5) is 11.4 Å². The van der Waals surface area contributed by atoms with E-state index in [0.29, 0.717) is 0 Å². The van der Waals surface area contributed by atoms with Crippen LogP contribution in [0.3, 0.4) is 0 Å². The Bertz CT molecular complexity index is 806. The quantitative estimate of drug-likeness (QED) is 0.746. The van der Waals surface area contributed by atoms with Gasteiger partial charge in [-0.3, -0.25) is 4.79 Å². The van der Waals surface area contributed by atoms with Gasteiger partial charge in [-0.05, 0) is 30.3 Å². The summed E-state index contributed by atoms with van der Waals surface area (Å²) in [5.74, 6) is -0.501. The van der Waals surface area contributed by atoms with Crippen LogP contribution in [0.1, 0.15) is 10.4 Å². The molecular weight excluding hydrogens is 314 g/mol. The standard InChI is InChI=1S/C13H12ClN3O3S/c14-12-10(5-2-6-11(12)15)13(18)17-8-3-1-4-9(7-8)21(16,19)20/h1-7H,15H2,(H,17,18)(H2,16,19,20). The van der Waals surface area contributed by atoms with Gasteiger partial charge in [0.05, 0.1) is 21.2 Å². The summed E-state index contributed by atoms with van der Waals surface area (Å²) in [4.78, 5) is 12.0. The van der Waals surface area contributed by atoms with Crippen LogP contribution in [0.25, 0.3) is 0 Å². The normalized spacial score (nSPS) is 11.1. The van der Waals surface area contributed by atoms with Crippen LogP contribution >= 0.6 is 11.6 Å². The summed E-state index contributed by atoms with van der Waals surface area (Å²) < 4.78 is 22.5. The highest BCUT2D eigenvalue weighted by Crippen LogP contribution is 2.24. The molecule has 0 heterocycles. The number of halogens is 1. The summed E-state index contributed by atoms with van der Waals surface area (Å²) in [6, 6.07) is 10.3. The number of nitrogens with one attached hydrogen (secondary N) is 1. The summed E-state index contributed by atoms with van der Waals surface area (Å²) in [5.41, 5.74) is 6.38. The summed E-state index contributed by atoms with van der Waals surface area (Å²) in [6.45, 7) is 0. The van der Waals surface area contributed by atoms with Crippen molar-refractivity contribution in [2.24, 2.45) is 5.14 Å². The van der Waals surface area contributed by atoms with Gasteiger partial charge in [-0.1, -0.05) is 23.7 Å². The molecule has 0 aliphatic carbocycles. The number of primary sulfonamides is 1. The van der Waals surface area contributed by atoms with E-state index in [1.807, 2.05) is 0 Å². The van der Waals surface area contributed by atoms with Crippen LogP contribution in [0.5, 0.6) is 0 Å². The van der Waals surface area contributed by atoms with Crippen molar-refractivity contribution in [1.82, 2.24) is 0 Å². The van der Waals surface area contributed by atoms with Crippen molar-refractivity contribution < 1.29 is 13.2 Å². The van der Waals surface area contributed by atoms with E-state index in [1.54, 1.807) is 12.1 Å². The molecule has 0 bridgehead atoms. The molecule has 0 radical (unpaired) electrons. The first kappa shape index (κ1) is 15.3.